The van der Waals surface area contributed by atoms with Crippen molar-refractivity contribution >= 4 is 29.2 Å². The molecule has 0 spiro atoms. The molecule has 0 saturated heterocycles. The van der Waals surface area contributed by atoms with Crippen LogP contribution in [0.3, 0.4) is 0 Å². The number of anilines is 1. The number of nitrogens with one attached hydrogen (secondary N) is 2. The third-order valence-electron chi connectivity index (χ3n) is 3.95. The zero-order valence-electron chi connectivity index (χ0n) is 11.3. The Labute approximate surface area is 120 Å². The molecule has 2 aliphatic rings. The van der Waals surface area contributed by atoms with E-state index in [1.54, 1.807) is 6.07 Å². The van der Waals surface area contributed by atoms with Crippen molar-refractivity contribution in [1.82, 2.24) is 5.32 Å². The fraction of sp³-hybridized carbons (Fsp3) is 0.333. The van der Waals surface area contributed by atoms with Crippen molar-refractivity contribution in [2.45, 2.75) is 25.7 Å². The molecule has 0 radical (unpaired) electrons. The van der Waals surface area contributed by atoms with E-state index in [4.69, 9.17) is 0 Å². The highest BCUT2D eigenvalue weighted by molar-refractivity contribution is 6.50. The molecule has 6 nitrogen and oxygen atoms in total. The quantitative estimate of drug-likeness (QED) is 0.632. The van der Waals surface area contributed by atoms with Crippen molar-refractivity contribution in [3.8, 4) is 0 Å². The van der Waals surface area contributed by atoms with Gasteiger partial charge in [0.2, 0.25) is 5.91 Å². The van der Waals surface area contributed by atoms with Crippen molar-refractivity contribution < 1.29 is 19.2 Å². The number of hydrogen-bond acceptors (Lipinski definition) is 4. The van der Waals surface area contributed by atoms with Crippen molar-refractivity contribution in [3.05, 3.63) is 29.3 Å². The minimum absolute atomic E-state index is 0.0161. The minimum atomic E-state index is -0.963. The largest absolute Gasteiger partial charge is 0.325 e. The molecular formula is C15H14N2O4. The second-order valence-electron chi connectivity index (χ2n) is 5.31. The molecule has 3 amide bonds. The number of amides is 3. The molecule has 1 aliphatic heterocycles. The first kappa shape index (κ1) is 13.5. The van der Waals surface area contributed by atoms with Crippen LogP contribution in [0.2, 0.25) is 0 Å². The van der Waals surface area contributed by atoms with Gasteiger partial charge in [-0.1, -0.05) is 18.9 Å². The van der Waals surface area contributed by atoms with Crippen LogP contribution in [0.25, 0.3) is 0 Å². The summed E-state index contributed by atoms with van der Waals surface area (Å²) in [6.07, 6.45) is 3.69. The molecule has 0 aromatic heterocycles. The van der Waals surface area contributed by atoms with Crippen LogP contribution in [0.15, 0.2) is 18.2 Å². The Kier molecular flexibility index (Phi) is 3.29. The van der Waals surface area contributed by atoms with Gasteiger partial charge < -0.3 is 5.32 Å². The lowest BCUT2D eigenvalue weighted by atomic mass is 9.96. The third-order valence-corrected chi connectivity index (χ3v) is 3.95. The van der Waals surface area contributed by atoms with Crippen molar-refractivity contribution in [3.63, 3.8) is 0 Å². The van der Waals surface area contributed by atoms with Crippen LogP contribution in [-0.4, -0.2) is 23.5 Å². The van der Waals surface area contributed by atoms with Gasteiger partial charge in [-0.05, 0) is 25.0 Å². The molecule has 0 bridgehead atoms. The van der Waals surface area contributed by atoms with E-state index in [9.17, 15) is 19.2 Å². The maximum atomic E-state index is 12.2. The molecule has 1 aromatic carbocycles. The summed E-state index contributed by atoms with van der Waals surface area (Å²) < 4.78 is 0. The third kappa shape index (κ3) is 2.33. The van der Waals surface area contributed by atoms with E-state index < -0.39 is 17.6 Å². The Balaban J connectivity index is 1.95. The van der Waals surface area contributed by atoms with Crippen molar-refractivity contribution in [2.75, 3.05) is 5.32 Å². The van der Waals surface area contributed by atoms with Gasteiger partial charge in [0.25, 0.3) is 17.6 Å². The molecule has 0 atom stereocenters. The van der Waals surface area contributed by atoms with E-state index in [2.05, 4.69) is 5.32 Å². The van der Waals surface area contributed by atoms with Crippen molar-refractivity contribution in [2.24, 2.45) is 5.92 Å². The molecule has 108 valence electrons. The van der Waals surface area contributed by atoms with Gasteiger partial charge in [0.05, 0.1) is 16.8 Å². The van der Waals surface area contributed by atoms with Crippen LogP contribution in [0.1, 0.15) is 46.4 Å². The normalized spacial score (nSPS) is 18.4. The number of rotatable bonds is 2. The highest BCUT2D eigenvalue weighted by Crippen LogP contribution is 2.28. The summed E-state index contributed by atoms with van der Waals surface area (Å²) in [6.45, 7) is 0. The average molecular weight is 286 g/mol. The lowest BCUT2D eigenvalue weighted by molar-refractivity contribution is -0.119. The fourth-order valence-electron chi connectivity index (χ4n) is 2.85. The molecule has 1 saturated carbocycles. The van der Waals surface area contributed by atoms with E-state index in [-0.39, 0.29) is 28.6 Å². The molecule has 1 fully saturated rings. The number of Topliss-reactive ketones (excluding diaryl/α,β-unsaturated/α-hetero) is 1. The van der Waals surface area contributed by atoms with Gasteiger partial charge in [0.15, 0.2) is 0 Å². The van der Waals surface area contributed by atoms with Gasteiger partial charge in [-0.15, -0.1) is 0 Å². The standard InChI is InChI=1S/C15H14N2O4/c18-12-11-9(14(20)17-15(12)21)6-3-7-10(11)16-13(19)8-4-1-2-5-8/h3,6-8H,1-2,4-5H2,(H,16,19)(H,17,20,21). The van der Waals surface area contributed by atoms with Gasteiger partial charge >= 0.3 is 0 Å². The predicted octanol–water partition coefficient (Wildman–Crippen LogP) is 1.27. The van der Waals surface area contributed by atoms with Crippen LogP contribution in [-0.2, 0) is 9.59 Å². The van der Waals surface area contributed by atoms with E-state index in [0.29, 0.717) is 0 Å². The predicted molar refractivity (Wildman–Crippen MR) is 73.8 cm³/mol. The van der Waals surface area contributed by atoms with Crippen molar-refractivity contribution in [1.29, 1.82) is 0 Å². The summed E-state index contributed by atoms with van der Waals surface area (Å²) in [6, 6.07) is 4.57. The smallest absolute Gasteiger partial charge is 0.299 e. The lowest BCUT2D eigenvalue weighted by Gasteiger charge is -2.18. The fourth-order valence-corrected chi connectivity index (χ4v) is 2.85. The van der Waals surface area contributed by atoms with Crippen LogP contribution >= 0.6 is 0 Å². The van der Waals surface area contributed by atoms with Gasteiger partial charge in [-0.2, -0.15) is 0 Å². The molecule has 2 N–H and O–H groups in total. The topological polar surface area (TPSA) is 92.3 Å². The summed E-state index contributed by atoms with van der Waals surface area (Å²) in [5.41, 5.74) is 0.332. The SMILES string of the molecule is O=C1NC(=O)c2cccc(NC(=O)C3CCCC3)c2C1=O. The van der Waals surface area contributed by atoms with E-state index in [1.165, 1.54) is 12.1 Å². The summed E-state index contributed by atoms with van der Waals surface area (Å²) in [7, 11) is 0. The van der Waals surface area contributed by atoms with E-state index >= 15 is 0 Å². The molecular weight excluding hydrogens is 272 g/mol. The zero-order chi connectivity index (χ0) is 15.0. The average Bonchev–Trinajstić information content (AvgIpc) is 2.99. The van der Waals surface area contributed by atoms with E-state index in [0.717, 1.165) is 25.7 Å². The molecule has 1 aliphatic carbocycles. The van der Waals surface area contributed by atoms with Crippen LogP contribution in [0.4, 0.5) is 5.69 Å². The maximum absolute atomic E-state index is 12.2. The van der Waals surface area contributed by atoms with Gasteiger partial charge in [-0.25, -0.2) is 0 Å². The van der Waals surface area contributed by atoms with Gasteiger partial charge in [0, 0.05) is 5.92 Å². The Morgan fingerprint density at radius 2 is 1.81 bits per heavy atom. The Hall–Kier alpha value is -2.50. The number of ketones is 1. The first-order valence-corrected chi connectivity index (χ1v) is 6.92. The second-order valence-corrected chi connectivity index (χ2v) is 5.31. The molecule has 0 unspecified atom stereocenters. The Bertz CT molecular complexity index is 660. The van der Waals surface area contributed by atoms with E-state index in [1.807, 2.05) is 5.32 Å². The van der Waals surface area contributed by atoms with Gasteiger partial charge in [0.1, 0.15) is 0 Å². The number of carbonyl (C=O) groups is 4. The number of hydrogen-bond donors (Lipinski definition) is 2. The number of imide groups is 1. The number of fused-ring (bicyclic) bond motifs is 1. The van der Waals surface area contributed by atoms with Gasteiger partial charge in [-0.3, -0.25) is 24.5 Å². The molecule has 3 rings (SSSR count). The summed E-state index contributed by atoms with van der Waals surface area (Å²) in [4.78, 5) is 47.3. The number of carbonyl (C=O) groups excluding carboxylic acids is 4. The highest BCUT2D eigenvalue weighted by atomic mass is 16.2. The summed E-state index contributed by atoms with van der Waals surface area (Å²) >= 11 is 0. The molecule has 1 aromatic rings. The Morgan fingerprint density at radius 3 is 2.52 bits per heavy atom. The lowest BCUT2D eigenvalue weighted by Crippen LogP contribution is -2.42. The zero-order valence-corrected chi connectivity index (χ0v) is 11.3. The van der Waals surface area contributed by atoms with Crippen LogP contribution in [0.5, 0.6) is 0 Å². The summed E-state index contributed by atoms with van der Waals surface area (Å²) in [5.74, 6) is -2.61. The number of benzene rings is 1. The summed E-state index contributed by atoms with van der Waals surface area (Å²) in [5, 5.41) is 4.67. The first-order chi connectivity index (χ1) is 10.1. The van der Waals surface area contributed by atoms with Crippen LogP contribution < -0.4 is 10.6 Å². The second kappa shape index (κ2) is 5.12. The molecule has 21 heavy (non-hydrogen) atoms. The molecule has 1 heterocycles. The highest BCUT2D eigenvalue weighted by Gasteiger charge is 2.33. The maximum Gasteiger partial charge on any atom is 0.299 e. The molecule has 6 heteroatoms. The van der Waals surface area contributed by atoms with Crippen LogP contribution in [0, 0.1) is 5.92 Å². The minimum Gasteiger partial charge on any atom is -0.325 e. The first-order valence-electron chi connectivity index (χ1n) is 6.92. The Morgan fingerprint density at radius 1 is 1.10 bits per heavy atom. The monoisotopic (exact) mass is 286 g/mol.